The number of hydrogen-bond acceptors (Lipinski definition) is 7. The largest absolute Gasteiger partial charge is 0.472 e. The van der Waals surface area contributed by atoms with Crippen molar-refractivity contribution in [3.8, 4) is 11.5 Å². The van der Waals surface area contributed by atoms with E-state index in [9.17, 15) is 9.59 Å². The van der Waals surface area contributed by atoms with Crippen LogP contribution in [0.25, 0.3) is 11.5 Å². The van der Waals surface area contributed by atoms with E-state index in [0.29, 0.717) is 31.4 Å². The summed E-state index contributed by atoms with van der Waals surface area (Å²) in [6.45, 7) is 1.95. The molecule has 4 rings (SSSR count). The van der Waals surface area contributed by atoms with Gasteiger partial charge in [-0.1, -0.05) is 18.2 Å². The summed E-state index contributed by atoms with van der Waals surface area (Å²) in [6, 6.07) is 10.8. The first-order chi connectivity index (χ1) is 14.6. The lowest BCUT2D eigenvalue weighted by molar-refractivity contribution is -0.138. The van der Waals surface area contributed by atoms with Crippen LogP contribution in [0.2, 0.25) is 0 Å². The highest BCUT2D eigenvalue weighted by molar-refractivity contribution is 5.88. The van der Waals surface area contributed by atoms with Crippen molar-refractivity contribution < 1.29 is 18.4 Å². The van der Waals surface area contributed by atoms with Gasteiger partial charge in [0.05, 0.1) is 31.5 Å². The molecule has 9 nitrogen and oxygen atoms in total. The summed E-state index contributed by atoms with van der Waals surface area (Å²) in [5.74, 6) is 0.432. The van der Waals surface area contributed by atoms with Crippen LogP contribution in [0.4, 0.5) is 0 Å². The van der Waals surface area contributed by atoms with Crippen LogP contribution >= 0.6 is 0 Å². The summed E-state index contributed by atoms with van der Waals surface area (Å²) >= 11 is 0. The summed E-state index contributed by atoms with van der Waals surface area (Å²) < 4.78 is 10.8. The van der Waals surface area contributed by atoms with E-state index in [1.807, 2.05) is 41.3 Å². The van der Waals surface area contributed by atoms with E-state index in [4.69, 9.17) is 8.83 Å². The molecule has 2 amide bonds. The van der Waals surface area contributed by atoms with E-state index in [-0.39, 0.29) is 24.8 Å². The molecule has 0 unspecified atom stereocenters. The number of piperazine rings is 1. The molecule has 156 valence electrons. The van der Waals surface area contributed by atoms with E-state index >= 15 is 0 Å². The topological polar surface area (TPSA) is 105 Å². The first-order valence-electron chi connectivity index (χ1n) is 9.75. The van der Waals surface area contributed by atoms with Crippen LogP contribution in [0.15, 0.2) is 57.8 Å². The smallest absolute Gasteiger partial charge is 0.247 e. The molecule has 1 aliphatic rings. The molecule has 0 saturated carbocycles. The first-order valence-corrected chi connectivity index (χ1v) is 9.75. The zero-order valence-corrected chi connectivity index (χ0v) is 16.7. The van der Waals surface area contributed by atoms with E-state index in [1.54, 1.807) is 19.6 Å². The Balaban J connectivity index is 1.38. The van der Waals surface area contributed by atoms with Gasteiger partial charge in [-0.3, -0.25) is 14.5 Å². The van der Waals surface area contributed by atoms with Crippen LogP contribution in [-0.2, 0) is 22.7 Å². The lowest BCUT2D eigenvalue weighted by Gasteiger charge is -2.35. The second-order valence-electron chi connectivity index (χ2n) is 7.23. The maximum Gasteiger partial charge on any atom is 0.247 e. The molecule has 3 aromatic rings. The normalized spacial score (nSPS) is 17.0. The van der Waals surface area contributed by atoms with Gasteiger partial charge in [0.25, 0.3) is 0 Å². The minimum absolute atomic E-state index is 0.0693. The van der Waals surface area contributed by atoms with Gasteiger partial charge < -0.3 is 19.1 Å². The van der Waals surface area contributed by atoms with Crippen LogP contribution < -0.4 is 5.32 Å². The summed E-state index contributed by atoms with van der Waals surface area (Å²) in [5.41, 5.74) is 1.79. The third-order valence-corrected chi connectivity index (χ3v) is 5.06. The Hall–Kier alpha value is -3.46. The summed E-state index contributed by atoms with van der Waals surface area (Å²) in [6.07, 6.45) is 3.32. The Kier molecular flexibility index (Phi) is 5.89. The van der Waals surface area contributed by atoms with E-state index in [2.05, 4.69) is 15.5 Å². The number of furan rings is 1. The molecule has 1 saturated heterocycles. The lowest BCUT2D eigenvalue weighted by Crippen LogP contribution is -2.56. The zero-order valence-electron chi connectivity index (χ0n) is 16.7. The highest BCUT2D eigenvalue weighted by Crippen LogP contribution is 2.19. The molecule has 0 spiro atoms. The maximum absolute atomic E-state index is 12.8. The fourth-order valence-electron chi connectivity index (χ4n) is 3.42. The third kappa shape index (κ3) is 4.57. The standard InChI is InChI=1S/C21H23N5O4/c1-25(13-18-23-24-21(30-18)16-5-3-2-4-6-16)19(27)11-17-20(28)22-8-9-26(17)12-15-7-10-29-14-15/h2-7,10,14,17H,8-9,11-13H2,1H3,(H,22,28)/t17-/m0/s1. The Morgan fingerprint density at radius 3 is 2.87 bits per heavy atom. The van der Waals surface area contributed by atoms with Gasteiger partial charge in [0.2, 0.25) is 23.6 Å². The summed E-state index contributed by atoms with van der Waals surface area (Å²) in [7, 11) is 1.66. The Morgan fingerprint density at radius 2 is 2.10 bits per heavy atom. The van der Waals surface area contributed by atoms with Gasteiger partial charge in [-0.25, -0.2) is 0 Å². The number of rotatable bonds is 7. The van der Waals surface area contributed by atoms with Crippen molar-refractivity contribution in [2.45, 2.75) is 25.6 Å². The van der Waals surface area contributed by atoms with Crippen LogP contribution in [-0.4, -0.2) is 58.0 Å². The molecule has 3 heterocycles. The van der Waals surface area contributed by atoms with Gasteiger partial charge in [0.15, 0.2) is 0 Å². The predicted molar refractivity (Wildman–Crippen MR) is 107 cm³/mol. The van der Waals surface area contributed by atoms with Gasteiger partial charge >= 0.3 is 0 Å². The molecule has 0 bridgehead atoms. The van der Waals surface area contributed by atoms with Crippen molar-refractivity contribution in [2.24, 2.45) is 0 Å². The van der Waals surface area contributed by atoms with Gasteiger partial charge in [-0.05, 0) is 18.2 Å². The minimum Gasteiger partial charge on any atom is -0.472 e. The average Bonchev–Trinajstić information content (AvgIpc) is 3.43. The predicted octanol–water partition coefficient (Wildman–Crippen LogP) is 1.68. The first kappa shape index (κ1) is 19.8. The van der Waals surface area contributed by atoms with Crippen molar-refractivity contribution in [1.29, 1.82) is 0 Å². The van der Waals surface area contributed by atoms with Gasteiger partial charge in [-0.15, -0.1) is 10.2 Å². The molecular weight excluding hydrogens is 386 g/mol. The number of benzene rings is 1. The van der Waals surface area contributed by atoms with E-state index < -0.39 is 6.04 Å². The second kappa shape index (κ2) is 8.91. The summed E-state index contributed by atoms with van der Waals surface area (Å²) in [5, 5.41) is 10.9. The van der Waals surface area contributed by atoms with Crippen molar-refractivity contribution in [3.05, 3.63) is 60.4 Å². The van der Waals surface area contributed by atoms with Crippen LogP contribution in [0, 0.1) is 0 Å². The van der Waals surface area contributed by atoms with E-state index in [0.717, 1.165) is 11.1 Å². The fourth-order valence-corrected chi connectivity index (χ4v) is 3.42. The number of amides is 2. The molecular formula is C21H23N5O4. The molecule has 9 heteroatoms. The third-order valence-electron chi connectivity index (χ3n) is 5.06. The molecule has 1 N–H and O–H groups in total. The van der Waals surface area contributed by atoms with Crippen LogP contribution in [0.3, 0.4) is 0 Å². The zero-order chi connectivity index (χ0) is 20.9. The van der Waals surface area contributed by atoms with Crippen molar-refractivity contribution in [1.82, 2.24) is 25.3 Å². The number of hydrogen-bond donors (Lipinski definition) is 1. The molecule has 30 heavy (non-hydrogen) atoms. The fraction of sp³-hybridized carbons (Fsp3) is 0.333. The van der Waals surface area contributed by atoms with E-state index in [1.165, 1.54) is 4.90 Å². The molecule has 1 fully saturated rings. The minimum atomic E-state index is -0.536. The molecule has 0 aliphatic carbocycles. The molecule has 1 atom stereocenters. The average molecular weight is 409 g/mol. The lowest BCUT2D eigenvalue weighted by atomic mass is 10.1. The quantitative estimate of drug-likeness (QED) is 0.633. The Labute approximate surface area is 173 Å². The van der Waals surface area contributed by atoms with Crippen LogP contribution in [0.5, 0.6) is 0 Å². The van der Waals surface area contributed by atoms with Crippen molar-refractivity contribution in [3.63, 3.8) is 0 Å². The second-order valence-corrected chi connectivity index (χ2v) is 7.23. The number of nitrogens with zero attached hydrogens (tertiary/aromatic N) is 4. The molecule has 1 aliphatic heterocycles. The maximum atomic E-state index is 12.8. The molecule has 2 aromatic heterocycles. The van der Waals surface area contributed by atoms with Crippen molar-refractivity contribution in [2.75, 3.05) is 20.1 Å². The number of aromatic nitrogens is 2. The van der Waals surface area contributed by atoms with Crippen molar-refractivity contribution >= 4 is 11.8 Å². The SMILES string of the molecule is CN(Cc1nnc(-c2ccccc2)o1)C(=O)C[C@H]1C(=O)NCCN1Cc1ccoc1. The van der Waals surface area contributed by atoms with Crippen LogP contribution in [0.1, 0.15) is 17.9 Å². The summed E-state index contributed by atoms with van der Waals surface area (Å²) in [4.78, 5) is 28.7. The highest BCUT2D eigenvalue weighted by Gasteiger charge is 2.32. The molecule has 0 radical (unpaired) electrons. The molecule has 1 aromatic carbocycles. The Morgan fingerprint density at radius 1 is 1.27 bits per heavy atom. The Bertz CT molecular complexity index is 986. The number of carbonyl (C=O) groups excluding carboxylic acids is 2. The highest BCUT2D eigenvalue weighted by atomic mass is 16.4. The number of nitrogens with one attached hydrogen (secondary N) is 1. The van der Waals surface area contributed by atoms with Gasteiger partial charge in [0.1, 0.15) is 0 Å². The van der Waals surface area contributed by atoms with Gasteiger partial charge in [-0.2, -0.15) is 0 Å². The monoisotopic (exact) mass is 409 g/mol. The van der Waals surface area contributed by atoms with Gasteiger partial charge in [0, 0.05) is 37.8 Å². The number of carbonyl (C=O) groups is 2.